The van der Waals surface area contributed by atoms with Crippen LogP contribution in [-0.4, -0.2) is 16.6 Å². The zero-order chi connectivity index (χ0) is 19.4. The Morgan fingerprint density at radius 2 is 1.64 bits per heavy atom. The van der Waals surface area contributed by atoms with E-state index in [0.717, 1.165) is 28.4 Å². The van der Waals surface area contributed by atoms with Crippen LogP contribution >= 0.6 is 34.5 Å². The van der Waals surface area contributed by atoms with Crippen molar-refractivity contribution in [1.29, 1.82) is 0 Å². The number of allylic oxidation sites excluding steroid dienone is 1. The number of rotatable bonds is 2. The minimum Gasteiger partial charge on any atom is -0.439 e. The van der Waals surface area contributed by atoms with E-state index in [1.807, 2.05) is 6.07 Å². The van der Waals surface area contributed by atoms with Crippen molar-refractivity contribution in [2.24, 2.45) is 0 Å². The number of hydrogen-bond acceptors (Lipinski definition) is 5. The van der Waals surface area contributed by atoms with Gasteiger partial charge in [-0.3, -0.25) is 9.59 Å². The molecule has 1 saturated carbocycles. The van der Waals surface area contributed by atoms with Crippen molar-refractivity contribution in [2.45, 2.75) is 38.0 Å². The highest BCUT2D eigenvalue weighted by Gasteiger charge is 2.34. The minimum atomic E-state index is -0.334. The number of carbonyl (C=O) groups excluding carboxylic acids is 2. The van der Waals surface area contributed by atoms with Gasteiger partial charge in [-0.15, -0.1) is 11.3 Å². The standard InChI is InChI=1S/C21H15Cl2NO3S/c22-15-8-12-13(9-16(15)23)19(26)14(18(12)25)6-11-7-17-21(28-11)24-20(27-17)10-4-2-1-3-5-10/h6-10H,1-5H2. The second-order valence-electron chi connectivity index (χ2n) is 7.23. The third-order valence-corrected chi connectivity index (χ3v) is 7.08. The maximum Gasteiger partial charge on any atom is 0.199 e. The quantitative estimate of drug-likeness (QED) is 0.334. The number of hydrogen-bond donors (Lipinski definition) is 0. The number of oxazole rings is 1. The Morgan fingerprint density at radius 1 is 1.00 bits per heavy atom. The molecule has 7 heteroatoms. The topological polar surface area (TPSA) is 60.2 Å². The van der Waals surface area contributed by atoms with Gasteiger partial charge >= 0.3 is 0 Å². The predicted octanol–water partition coefficient (Wildman–Crippen LogP) is 6.71. The zero-order valence-corrected chi connectivity index (χ0v) is 17.1. The van der Waals surface area contributed by atoms with Gasteiger partial charge in [0.05, 0.1) is 15.6 Å². The average molecular weight is 432 g/mol. The molecule has 0 saturated heterocycles. The summed E-state index contributed by atoms with van der Waals surface area (Å²) in [6, 6.07) is 4.76. The highest BCUT2D eigenvalue weighted by atomic mass is 35.5. The van der Waals surface area contributed by atoms with E-state index in [1.54, 1.807) is 6.08 Å². The van der Waals surface area contributed by atoms with E-state index in [9.17, 15) is 9.59 Å². The Morgan fingerprint density at radius 3 is 2.25 bits per heavy atom. The Balaban J connectivity index is 1.47. The number of thiophene rings is 1. The van der Waals surface area contributed by atoms with Gasteiger partial charge in [-0.2, -0.15) is 0 Å². The van der Waals surface area contributed by atoms with Gasteiger partial charge in [0.1, 0.15) is 0 Å². The SMILES string of the molecule is O=C1C(=Cc2cc3oc(C4CCCCC4)nc3s2)C(=O)c2cc(Cl)c(Cl)cc21. The molecule has 1 fully saturated rings. The summed E-state index contributed by atoms with van der Waals surface area (Å²) in [6.07, 6.45) is 7.57. The van der Waals surface area contributed by atoms with Crippen LogP contribution in [0.15, 0.2) is 28.2 Å². The molecule has 0 atom stereocenters. The monoisotopic (exact) mass is 431 g/mol. The molecule has 0 spiro atoms. The normalized spacial score (nSPS) is 17.6. The van der Waals surface area contributed by atoms with Gasteiger partial charge in [0.2, 0.25) is 0 Å². The molecular weight excluding hydrogens is 417 g/mol. The van der Waals surface area contributed by atoms with E-state index in [1.165, 1.54) is 42.7 Å². The molecule has 0 bridgehead atoms. The highest BCUT2D eigenvalue weighted by Crippen LogP contribution is 2.38. The van der Waals surface area contributed by atoms with Crippen LogP contribution in [0, 0.1) is 0 Å². The minimum absolute atomic E-state index is 0.116. The van der Waals surface area contributed by atoms with Gasteiger partial charge < -0.3 is 4.42 Å². The van der Waals surface area contributed by atoms with Crippen LogP contribution in [0.4, 0.5) is 0 Å². The molecule has 2 heterocycles. The van der Waals surface area contributed by atoms with Crippen molar-refractivity contribution in [3.8, 4) is 0 Å². The van der Waals surface area contributed by atoms with Gasteiger partial charge in [-0.25, -0.2) is 4.98 Å². The largest absolute Gasteiger partial charge is 0.439 e. The number of aromatic nitrogens is 1. The lowest BCUT2D eigenvalue weighted by Crippen LogP contribution is -2.04. The molecule has 142 valence electrons. The lowest BCUT2D eigenvalue weighted by molar-refractivity contribution is 0.0990. The van der Waals surface area contributed by atoms with Crippen LogP contribution < -0.4 is 0 Å². The molecule has 0 N–H and O–H groups in total. The summed E-state index contributed by atoms with van der Waals surface area (Å²) in [4.78, 5) is 31.5. The van der Waals surface area contributed by atoms with E-state index >= 15 is 0 Å². The first kappa shape index (κ1) is 18.1. The first-order valence-corrected chi connectivity index (χ1v) is 10.8. The van der Waals surface area contributed by atoms with Crippen molar-refractivity contribution >= 4 is 62.6 Å². The number of ketones is 2. The summed E-state index contributed by atoms with van der Waals surface area (Å²) < 4.78 is 5.96. The van der Waals surface area contributed by atoms with Gasteiger partial charge in [0, 0.05) is 28.0 Å². The third-order valence-electron chi connectivity index (χ3n) is 5.40. The van der Waals surface area contributed by atoms with Gasteiger partial charge in [0.25, 0.3) is 0 Å². The van der Waals surface area contributed by atoms with E-state index in [2.05, 4.69) is 4.98 Å². The molecule has 3 aromatic rings. The molecule has 0 aliphatic heterocycles. The van der Waals surface area contributed by atoms with Crippen LogP contribution in [0.2, 0.25) is 10.0 Å². The second kappa shape index (κ2) is 6.83. The molecule has 2 aliphatic rings. The molecule has 1 aromatic carbocycles. The molecule has 2 aliphatic carbocycles. The summed E-state index contributed by atoms with van der Waals surface area (Å²) in [5, 5.41) is 0.520. The Kier molecular flexibility index (Phi) is 4.42. The van der Waals surface area contributed by atoms with Gasteiger partial charge in [-0.1, -0.05) is 42.5 Å². The number of carbonyl (C=O) groups is 2. The van der Waals surface area contributed by atoms with Gasteiger partial charge in [-0.05, 0) is 31.1 Å². The number of halogens is 2. The molecule has 2 aromatic heterocycles. The fourth-order valence-electron chi connectivity index (χ4n) is 3.95. The van der Waals surface area contributed by atoms with Crippen LogP contribution in [0.25, 0.3) is 16.5 Å². The van der Waals surface area contributed by atoms with Crippen molar-refractivity contribution in [3.63, 3.8) is 0 Å². The zero-order valence-electron chi connectivity index (χ0n) is 14.8. The highest BCUT2D eigenvalue weighted by molar-refractivity contribution is 7.19. The Labute approximate surface area is 175 Å². The maximum absolute atomic E-state index is 12.7. The first-order valence-electron chi connectivity index (χ1n) is 9.21. The van der Waals surface area contributed by atoms with Crippen molar-refractivity contribution in [1.82, 2.24) is 4.98 Å². The van der Waals surface area contributed by atoms with Crippen LogP contribution in [-0.2, 0) is 0 Å². The molecule has 28 heavy (non-hydrogen) atoms. The molecule has 5 rings (SSSR count). The third kappa shape index (κ3) is 2.93. The molecule has 4 nitrogen and oxygen atoms in total. The molecule has 0 radical (unpaired) electrons. The second-order valence-corrected chi connectivity index (χ2v) is 9.11. The van der Waals surface area contributed by atoms with Crippen LogP contribution in [0.5, 0.6) is 0 Å². The molecule has 0 amide bonds. The lowest BCUT2D eigenvalue weighted by atomic mass is 9.89. The number of nitrogens with zero attached hydrogens (tertiary/aromatic N) is 1. The average Bonchev–Trinajstić information content (AvgIpc) is 3.31. The summed E-state index contributed by atoms with van der Waals surface area (Å²) >= 11 is 13.4. The number of Topliss-reactive ketones (excluding diaryl/α,β-unsaturated/α-hetero) is 2. The fourth-order valence-corrected chi connectivity index (χ4v) is 5.18. The Hall–Kier alpha value is -1.95. The van der Waals surface area contributed by atoms with Crippen LogP contribution in [0.1, 0.15) is 69.5 Å². The first-order chi connectivity index (χ1) is 13.5. The summed E-state index contributed by atoms with van der Waals surface area (Å²) in [6.45, 7) is 0. The summed E-state index contributed by atoms with van der Waals surface area (Å²) in [5.41, 5.74) is 1.41. The van der Waals surface area contributed by atoms with E-state index < -0.39 is 0 Å². The van der Waals surface area contributed by atoms with Crippen molar-refractivity contribution < 1.29 is 14.0 Å². The summed E-state index contributed by atoms with van der Waals surface area (Å²) in [7, 11) is 0. The van der Waals surface area contributed by atoms with E-state index in [4.69, 9.17) is 27.6 Å². The van der Waals surface area contributed by atoms with E-state index in [0.29, 0.717) is 22.6 Å². The molecule has 0 unspecified atom stereocenters. The predicted molar refractivity (Wildman–Crippen MR) is 111 cm³/mol. The van der Waals surface area contributed by atoms with Crippen LogP contribution in [0.3, 0.4) is 0 Å². The number of benzene rings is 1. The smallest absolute Gasteiger partial charge is 0.199 e. The fraction of sp³-hybridized carbons (Fsp3) is 0.286. The lowest BCUT2D eigenvalue weighted by Gasteiger charge is -2.17. The summed E-state index contributed by atoms with van der Waals surface area (Å²) in [5.74, 6) is 0.542. The van der Waals surface area contributed by atoms with Crippen molar-refractivity contribution in [2.75, 3.05) is 0 Å². The van der Waals surface area contributed by atoms with Crippen molar-refractivity contribution in [3.05, 3.63) is 55.7 Å². The number of fused-ring (bicyclic) bond motifs is 2. The maximum atomic E-state index is 12.7. The Bertz CT molecular complexity index is 1090. The van der Waals surface area contributed by atoms with E-state index in [-0.39, 0.29) is 27.2 Å². The molecular formula is C21H15Cl2NO3S. The van der Waals surface area contributed by atoms with Gasteiger partial charge in [0.15, 0.2) is 27.9 Å².